The summed E-state index contributed by atoms with van der Waals surface area (Å²) >= 11 is 6.89. The number of ketones is 1. The Morgan fingerprint density at radius 1 is 1.19 bits per heavy atom. The van der Waals surface area contributed by atoms with Crippen molar-refractivity contribution in [2.24, 2.45) is 0 Å². The third kappa shape index (κ3) is 2.85. The zero-order valence-electron chi connectivity index (χ0n) is 11.2. The molecule has 108 valence electrons. The summed E-state index contributed by atoms with van der Waals surface area (Å²) in [5.41, 5.74) is 1.57. The molecular formula is C16H12Br2O3. The lowest BCUT2D eigenvalue weighted by Crippen LogP contribution is -2.20. The molecule has 1 aliphatic heterocycles. The summed E-state index contributed by atoms with van der Waals surface area (Å²) in [6.07, 6.45) is 0.0421. The molecule has 0 amide bonds. The van der Waals surface area contributed by atoms with Crippen LogP contribution in [0.5, 0.6) is 11.5 Å². The molecule has 1 aliphatic rings. The molecule has 0 N–H and O–H groups in total. The fourth-order valence-electron chi connectivity index (χ4n) is 2.37. The number of methoxy groups -OCH3 is 1. The molecule has 3 rings (SSSR count). The van der Waals surface area contributed by atoms with Gasteiger partial charge in [-0.25, -0.2) is 0 Å². The molecular weight excluding hydrogens is 400 g/mol. The number of ether oxygens (including phenoxy) is 2. The zero-order valence-corrected chi connectivity index (χ0v) is 14.4. The van der Waals surface area contributed by atoms with Crippen LogP contribution < -0.4 is 9.47 Å². The van der Waals surface area contributed by atoms with Crippen LogP contribution in [0.4, 0.5) is 0 Å². The van der Waals surface area contributed by atoms with Gasteiger partial charge in [0.15, 0.2) is 5.78 Å². The molecule has 0 saturated heterocycles. The lowest BCUT2D eigenvalue weighted by molar-refractivity contribution is 0.0849. The Labute approximate surface area is 139 Å². The molecule has 2 aromatic rings. The van der Waals surface area contributed by atoms with Gasteiger partial charge in [0.05, 0.1) is 19.1 Å². The fourth-order valence-corrected chi connectivity index (χ4v) is 3.34. The number of fused-ring (bicyclic) bond motifs is 1. The first-order valence-electron chi connectivity index (χ1n) is 6.41. The van der Waals surface area contributed by atoms with Crippen molar-refractivity contribution in [3.05, 3.63) is 56.5 Å². The first kappa shape index (κ1) is 14.6. The van der Waals surface area contributed by atoms with Crippen LogP contribution in [-0.2, 0) is 0 Å². The van der Waals surface area contributed by atoms with Crippen LogP contribution in [0.15, 0.2) is 45.3 Å². The number of Topliss-reactive ketones (excluding diaryl/α,β-unsaturated/α-hetero) is 1. The second kappa shape index (κ2) is 5.81. The molecule has 1 unspecified atom stereocenters. The van der Waals surface area contributed by atoms with E-state index >= 15 is 0 Å². The second-order valence-corrected chi connectivity index (χ2v) is 6.53. The minimum atomic E-state index is -0.286. The maximum atomic E-state index is 12.3. The largest absolute Gasteiger partial charge is 0.497 e. The molecule has 1 atom stereocenters. The molecule has 21 heavy (non-hydrogen) atoms. The quantitative estimate of drug-likeness (QED) is 0.702. The molecule has 1 heterocycles. The highest BCUT2D eigenvalue weighted by atomic mass is 79.9. The van der Waals surface area contributed by atoms with Gasteiger partial charge in [0.1, 0.15) is 17.6 Å². The Hall–Kier alpha value is -1.33. The summed E-state index contributed by atoms with van der Waals surface area (Å²) < 4.78 is 12.9. The Balaban J connectivity index is 1.96. The highest BCUT2D eigenvalue weighted by molar-refractivity contribution is 9.10. The molecule has 0 bridgehead atoms. The van der Waals surface area contributed by atoms with Crippen LogP contribution in [-0.4, -0.2) is 12.9 Å². The van der Waals surface area contributed by atoms with Gasteiger partial charge >= 0.3 is 0 Å². The van der Waals surface area contributed by atoms with E-state index in [-0.39, 0.29) is 11.9 Å². The van der Waals surface area contributed by atoms with Crippen LogP contribution >= 0.6 is 31.9 Å². The molecule has 0 radical (unpaired) electrons. The molecule has 2 aromatic carbocycles. The lowest BCUT2D eigenvalue weighted by atomic mass is 9.96. The predicted octanol–water partition coefficient (Wildman–Crippen LogP) is 4.93. The van der Waals surface area contributed by atoms with E-state index in [0.717, 1.165) is 20.3 Å². The van der Waals surface area contributed by atoms with Crippen molar-refractivity contribution in [1.82, 2.24) is 0 Å². The maximum Gasteiger partial charge on any atom is 0.170 e. The number of rotatable bonds is 2. The number of hydrogen-bond acceptors (Lipinski definition) is 3. The molecule has 5 heteroatoms. The summed E-state index contributed by atoms with van der Waals surface area (Å²) in [5, 5.41) is 0. The minimum absolute atomic E-state index is 0.0882. The first-order valence-corrected chi connectivity index (χ1v) is 8.00. The summed E-state index contributed by atoms with van der Waals surface area (Å²) in [6, 6.07) is 11.2. The van der Waals surface area contributed by atoms with Gasteiger partial charge in [-0.2, -0.15) is 0 Å². The average molecular weight is 412 g/mol. The number of halogens is 2. The summed E-state index contributed by atoms with van der Waals surface area (Å²) in [4.78, 5) is 12.3. The lowest BCUT2D eigenvalue weighted by Gasteiger charge is -2.26. The maximum absolute atomic E-state index is 12.3. The van der Waals surface area contributed by atoms with Crippen molar-refractivity contribution in [3.8, 4) is 11.5 Å². The molecule has 0 fully saturated rings. The SMILES string of the molecule is COc1ccc(C2CC(=O)c3cc(Br)ccc3O2)c(Br)c1. The van der Waals surface area contributed by atoms with Crippen molar-refractivity contribution in [1.29, 1.82) is 0 Å². The van der Waals surface area contributed by atoms with Gasteiger partial charge in [-0.05, 0) is 30.3 Å². The number of carbonyl (C=O) groups excluding carboxylic acids is 1. The zero-order chi connectivity index (χ0) is 15.0. The summed E-state index contributed by atoms with van der Waals surface area (Å²) in [6.45, 7) is 0. The van der Waals surface area contributed by atoms with E-state index in [2.05, 4.69) is 31.9 Å². The third-order valence-electron chi connectivity index (χ3n) is 3.44. The van der Waals surface area contributed by atoms with Crippen molar-refractivity contribution in [3.63, 3.8) is 0 Å². The Morgan fingerprint density at radius 3 is 2.71 bits per heavy atom. The van der Waals surface area contributed by atoms with Crippen molar-refractivity contribution in [2.45, 2.75) is 12.5 Å². The van der Waals surface area contributed by atoms with E-state index in [1.807, 2.05) is 30.3 Å². The summed E-state index contributed by atoms with van der Waals surface area (Å²) in [7, 11) is 1.62. The third-order valence-corrected chi connectivity index (χ3v) is 4.62. The van der Waals surface area contributed by atoms with Crippen LogP contribution in [0.1, 0.15) is 28.4 Å². The van der Waals surface area contributed by atoms with Gasteiger partial charge in [-0.1, -0.05) is 37.9 Å². The van der Waals surface area contributed by atoms with Crippen molar-refractivity contribution >= 4 is 37.6 Å². The van der Waals surface area contributed by atoms with Gasteiger partial charge < -0.3 is 9.47 Å². The fraction of sp³-hybridized carbons (Fsp3) is 0.188. The second-order valence-electron chi connectivity index (χ2n) is 4.76. The molecule has 0 spiro atoms. The van der Waals surface area contributed by atoms with E-state index in [1.54, 1.807) is 13.2 Å². The Kier molecular flexibility index (Phi) is 4.04. The highest BCUT2D eigenvalue weighted by Crippen LogP contribution is 2.39. The topological polar surface area (TPSA) is 35.5 Å². The normalized spacial score (nSPS) is 17.1. The minimum Gasteiger partial charge on any atom is -0.497 e. The van der Waals surface area contributed by atoms with Gasteiger partial charge in [0.2, 0.25) is 0 Å². The van der Waals surface area contributed by atoms with Crippen LogP contribution in [0.3, 0.4) is 0 Å². The van der Waals surface area contributed by atoms with E-state index in [1.165, 1.54) is 0 Å². The van der Waals surface area contributed by atoms with Crippen LogP contribution in [0, 0.1) is 0 Å². The Bertz CT molecular complexity index is 713. The van der Waals surface area contributed by atoms with Gasteiger partial charge in [0.25, 0.3) is 0 Å². The standard InChI is InChI=1S/C16H12Br2O3/c1-20-10-3-4-11(13(18)7-10)16-8-14(19)12-6-9(17)2-5-15(12)21-16/h2-7,16H,8H2,1H3. The summed E-state index contributed by atoms with van der Waals surface area (Å²) in [5.74, 6) is 1.48. The van der Waals surface area contributed by atoms with E-state index in [9.17, 15) is 4.79 Å². The average Bonchev–Trinajstić information content (AvgIpc) is 2.47. The monoisotopic (exact) mass is 410 g/mol. The molecule has 0 aromatic heterocycles. The number of hydrogen-bond donors (Lipinski definition) is 0. The predicted molar refractivity (Wildman–Crippen MR) is 87.2 cm³/mol. The van der Waals surface area contributed by atoms with E-state index in [4.69, 9.17) is 9.47 Å². The Morgan fingerprint density at radius 2 is 2.00 bits per heavy atom. The first-order chi connectivity index (χ1) is 10.1. The van der Waals surface area contributed by atoms with Crippen molar-refractivity contribution < 1.29 is 14.3 Å². The van der Waals surface area contributed by atoms with E-state index in [0.29, 0.717) is 17.7 Å². The molecule has 3 nitrogen and oxygen atoms in total. The van der Waals surface area contributed by atoms with Crippen molar-refractivity contribution in [2.75, 3.05) is 7.11 Å². The van der Waals surface area contributed by atoms with Gasteiger partial charge in [-0.3, -0.25) is 4.79 Å². The number of benzene rings is 2. The van der Waals surface area contributed by atoms with Crippen LogP contribution in [0.2, 0.25) is 0 Å². The number of carbonyl (C=O) groups is 1. The highest BCUT2D eigenvalue weighted by Gasteiger charge is 2.29. The van der Waals surface area contributed by atoms with Crippen LogP contribution in [0.25, 0.3) is 0 Å². The smallest absolute Gasteiger partial charge is 0.170 e. The van der Waals surface area contributed by atoms with Gasteiger partial charge in [0, 0.05) is 14.5 Å². The molecule has 0 saturated carbocycles. The van der Waals surface area contributed by atoms with Gasteiger partial charge in [-0.15, -0.1) is 0 Å². The molecule has 0 aliphatic carbocycles. The van der Waals surface area contributed by atoms with E-state index < -0.39 is 0 Å².